The zero-order valence-corrected chi connectivity index (χ0v) is 13.4. The van der Waals surface area contributed by atoms with Crippen LogP contribution in [0.15, 0.2) is 48.5 Å². The van der Waals surface area contributed by atoms with Gasteiger partial charge in [-0.1, -0.05) is 36.4 Å². The molecule has 4 heteroatoms. The van der Waals surface area contributed by atoms with E-state index in [1.807, 2.05) is 36.4 Å². The fourth-order valence-electron chi connectivity index (χ4n) is 2.25. The largest absolute Gasteiger partial charge is 0.466 e. The fraction of sp³-hybridized carbons (Fsp3) is 0.263. The van der Waals surface area contributed by atoms with Gasteiger partial charge in [-0.2, -0.15) is 0 Å². The topological polar surface area (TPSA) is 52.6 Å². The van der Waals surface area contributed by atoms with E-state index in [4.69, 9.17) is 9.47 Å². The summed E-state index contributed by atoms with van der Waals surface area (Å²) in [6.45, 7) is 4.31. The second-order valence-corrected chi connectivity index (χ2v) is 4.98. The van der Waals surface area contributed by atoms with Crippen LogP contribution < -0.4 is 0 Å². The van der Waals surface area contributed by atoms with Gasteiger partial charge >= 0.3 is 11.9 Å². The van der Waals surface area contributed by atoms with Crippen LogP contribution in [-0.2, 0) is 20.7 Å². The molecule has 0 aliphatic carbocycles. The van der Waals surface area contributed by atoms with E-state index in [0.717, 1.165) is 16.7 Å². The van der Waals surface area contributed by atoms with Crippen LogP contribution in [0.5, 0.6) is 0 Å². The lowest BCUT2D eigenvalue weighted by Gasteiger charge is -2.07. The first kappa shape index (κ1) is 16.7. The van der Waals surface area contributed by atoms with E-state index in [2.05, 4.69) is 0 Å². The summed E-state index contributed by atoms with van der Waals surface area (Å²) in [5.74, 6) is -0.558. The van der Waals surface area contributed by atoms with Gasteiger partial charge in [-0.25, -0.2) is 4.79 Å². The maximum Gasteiger partial charge on any atom is 0.338 e. The summed E-state index contributed by atoms with van der Waals surface area (Å²) in [6, 6.07) is 14.9. The van der Waals surface area contributed by atoms with Gasteiger partial charge in [0.15, 0.2) is 0 Å². The van der Waals surface area contributed by atoms with Crippen LogP contribution in [0.4, 0.5) is 0 Å². The Morgan fingerprint density at radius 1 is 0.870 bits per heavy atom. The van der Waals surface area contributed by atoms with Crippen molar-refractivity contribution in [2.75, 3.05) is 13.2 Å². The zero-order chi connectivity index (χ0) is 16.7. The smallest absolute Gasteiger partial charge is 0.338 e. The van der Waals surface area contributed by atoms with E-state index in [1.54, 1.807) is 26.0 Å². The molecule has 0 heterocycles. The molecule has 2 rings (SSSR count). The van der Waals surface area contributed by atoms with Gasteiger partial charge in [0, 0.05) is 0 Å². The first-order valence-corrected chi connectivity index (χ1v) is 7.66. The minimum absolute atomic E-state index is 0.234. The molecule has 0 radical (unpaired) electrons. The fourth-order valence-corrected chi connectivity index (χ4v) is 2.25. The Morgan fingerprint density at radius 3 is 2.22 bits per heavy atom. The van der Waals surface area contributed by atoms with Crippen LogP contribution >= 0.6 is 0 Å². The van der Waals surface area contributed by atoms with Crippen molar-refractivity contribution in [2.24, 2.45) is 0 Å². The minimum Gasteiger partial charge on any atom is -0.466 e. The summed E-state index contributed by atoms with van der Waals surface area (Å²) in [5.41, 5.74) is 3.39. The summed E-state index contributed by atoms with van der Waals surface area (Å²) in [6.07, 6.45) is 0.253. The molecule has 0 fully saturated rings. The van der Waals surface area contributed by atoms with E-state index in [9.17, 15) is 9.59 Å². The van der Waals surface area contributed by atoms with Crippen molar-refractivity contribution in [3.63, 3.8) is 0 Å². The van der Waals surface area contributed by atoms with E-state index in [1.165, 1.54) is 0 Å². The number of esters is 2. The van der Waals surface area contributed by atoms with Gasteiger partial charge in [-0.15, -0.1) is 0 Å². The summed E-state index contributed by atoms with van der Waals surface area (Å²) >= 11 is 0. The lowest BCUT2D eigenvalue weighted by atomic mass is 10.0. The molecule has 0 bridgehead atoms. The van der Waals surface area contributed by atoms with Gasteiger partial charge in [0.1, 0.15) is 0 Å². The highest BCUT2D eigenvalue weighted by molar-refractivity contribution is 5.90. The predicted octanol–water partition coefficient (Wildman–Crippen LogP) is 3.64. The number of carbonyl (C=O) groups is 2. The zero-order valence-electron chi connectivity index (χ0n) is 13.4. The van der Waals surface area contributed by atoms with Crippen molar-refractivity contribution < 1.29 is 19.1 Å². The molecule has 0 aliphatic heterocycles. The van der Waals surface area contributed by atoms with Gasteiger partial charge < -0.3 is 9.47 Å². The van der Waals surface area contributed by atoms with Gasteiger partial charge in [0.2, 0.25) is 0 Å². The Kier molecular flexibility index (Phi) is 5.92. The predicted molar refractivity (Wildman–Crippen MR) is 88.2 cm³/mol. The van der Waals surface area contributed by atoms with Crippen molar-refractivity contribution >= 4 is 11.9 Å². The molecular formula is C19H20O4. The number of hydrogen-bond donors (Lipinski definition) is 0. The molecule has 0 saturated carbocycles. The number of hydrogen-bond acceptors (Lipinski definition) is 4. The number of carbonyl (C=O) groups excluding carboxylic acids is 2. The van der Waals surface area contributed by atoms with Crippen LogP contribution in [0.25, 0.3) is 11.1 Å². The second kappa shape index (κ2) is 8.13. The van der Waals surface area contributed by atoms with Crippen LogP contribution in [0.2, 0.25) is 0 Å². The highest BCUT2D eigenvalue weighted by Crippen LogP contribution is 2.21. The highest BCUT2D eigenvalue weighted by Gasteiger charge is 2.08. The van der Waals surface area contributed by atoms with E-state index in [0.29, 0.717) is 18.8 Å². The Balaban J connectivity index is 2.15. The highest BCUT2D eigenvalue weighted by atomic mass is 16.5. The van der Waals surface area contributed by atoms with Crippen LogP contribution in [0.1, 0.15) is 29.8 Å². The Hall–Kier alpha value is -2.62. The van der Waals surface area contributed by atoms with Crippen molar-refractivity contribution in [1.82, 2.24) is 0 Å². The summed E-state index contributed by atoms with van der Waals surface area (Å²) < 4.78 is 9.94. The Bertz CT molecular complexity index is 674. The first-order valence-electron chi connectivity index (χ1n) is 7.66. The molecule has 0 atom stereocenters. The van der Waals surface area contributed by atoms with Gasteiger partial charge in [0.25, 0.3) is 0 Å². The van der Waals surface area contributed by atoms with Crippen molar-refractivity contribution in [1.29, 1.82) is 0 Å². The molecular weight excluding hydrogens is 292 g/mol. The molecule has 0 spiro atoms. The number of benzene rings is 2. The van der Waals surface area contributed by atoms with Gasteiger partial charge in [-0.3, -0.25) is 4.79 Å². The molecule has 0 unspecified atom stereocenters. The molecule has 120 valence electrons. The Labute approximate surface area is 136 Å². The lowest BCUT2D eigenvalue weighted by Crippen LogP contribution is -2.07. The van der Waals surface area contributed by atoms with E-state index in [-0.39, 0.29) is 18.4 Å². The molecule has 2 aromatic carbocycles. The van der Waals surface area contributed by atoms with Crippen LogP contribution in [0.3, 0.4) is 0 Å². The Morgan fingerprint density at radius 2 is 1.57 bits per heavy atom. The molecule has 4 nitrogen and oxygen atoms in total. The third kappa shape index (κ3) is 4.68. The maximum absolute atomic E-state index is 11.7. The second-order valence-electron chi connectivity index (χ2n) is 4.98. The normalized spacial score (nSPS) is 10.2. The number of rotatable bonds is 6. The molecule has 0 N–H and O–H groups in total. The quantitative estimate of drug-likeness (QED) is 0.764. The van der Waals surface area contributed by atoms with Gasteiger partial charge in [0.05, 0.1) is 25.2 Å². The molecule has 0 aromatic heterocycles. The molecule has 2 aromatic rings. The monoisotopic (exact) mass is 312 g/mol. The summed E-state index contributed by atoms with van der Waals surface area (Å²) in [4.78, 5) is 23.2. The average Bonchev–Trinajstić information content (AvgIpc) is 2.56. The maximum atomic E-state index is 11.7. The third-order valence-electron chi connectivity index (χ3n) is 3.31. The molecule has 23 heavy (non-hydrogen) atoms. The molecule has 0 saturated heterocycles. The van der Waals surface area contributed by atoms with Crippen molar-refractivity contribution in [3.8, 4) is 11.1 Å². The van der Waals surface area contributed by atoms with Crippen molar-refractivity contribution in [2.45, 2.75) is 20.3 Å². The first-order chi connectivity index (χ1) is 11.1. The third-order valence-corrected chi connectivity index (χ3v) is 3.31. The van der Waals surface area contributed by atoms with E-state index >= 15 is 0 Å². The molecule has 0 amide bonds. The molecule has 0 aliphatic rings. The van der Waals surface area contributed by atoms with Gasteiger partial charge in [-0.05, 0) is 42.7 Å². The van der Waals surface area contributed by atoms with Crippen LogP contribution in [0, 0.1) is 0 Å². The summed E-state index contributed by atoms with van der Waals surface area (Å²) in [7, 11) is 0. The van der Waals surface area contributed by atoms with Crippen molar-refractivity contribution in [3.05, 3.63) is 59.7 Å². The lowest BCUT2D eigenvalue weighted by molar-refractivity contribution is -0.142. The number of ether oxygens (including phenoxy) is 2. The average molecular weight is 312 g/mol. The summed E-state index contributed by atoms with van der Waals surface area (Å²) in [5, 5.41) is 0. The minimum atomic E-state index is -0.324. The van der Waals surface area contributed by atoms with E-state index < -0.39 is 0 Å². The van der Waals surface area contributed by atoms with Crippen LogP contribution in [-0.4, -0.2) is 25.2 Å². The standard InChI is InChI=1S/C19H20O4/c1-3-22-18(20)13-14-6-5-7-17(12-14)15-8-10-16(11-9-15)19(21)23-4-2/h5-12H,3-4,13H2,1-2H3. The SMILES string of the molecule is CCOC(=O)Cc1cccc(-c2ccc(C(=O)OCC)cc2)c1.